The van der Waals surface area contributed by atoms with E-state index in [1.54, 1.807) is 18.4 Å². The van der Waals surface area contributed by atoms with Crippen LogP contribution < -0.4 is 14.9 Å². The number of ether oxygens (including phenoxy) is 1. The van der Waals surface area contributed by atoms with Crippen molar-refractivity contribution in [2.24, 2.45) is 4.99 Å². The molecule has 4 aromatic rings. The molecular formula is C31H31N3O3S. The summed E-state index contributed by atoms with van der Waals surface area (Å²) in [4.78, 5) is 32.2. The number of fused-ring (bicyclic) bond motifs is 1. The summed E-state index contributed by atoms with van der Waals surface area (Å²) in [6.45, 7) is 12.0. The second-order valence-electron chi connectivity index (χ2n) is 9.71. The predicted octanol–water partition coefficient (Wildman–Crippen LogP) is 4.82. The fraction of sp³-hybridized carbons (Fsp3) is 0.258. The molecule has 0 saturated heterocycles. The molecule has 5 rings (SSSR count). The van der Waals surface area contributed by atoms with Gasteiger partial charge in [-0.2, -0.15) is 0 Å². The maximum atomic E-state index is 13.9. The van der Waals surface area contributed by atoms with Gasteiger partial charge in [-0.1, -0.05) is 58.9 Å². The van der Waals surface area contributed by atoms with Crippen molar-refractivity contribution in [2.45, 2.75) is 47.6 Å². The molecule has 0 radical (unpaired) electrons. The summed E-state index contributed by atoms with van der Waals surface area (Å²) < 4.78 is 9.79. The van der Waals surface area contributed by atoms with Crippen molar-refractivity contribution in [1.29, 1.82) is 0 Å². The molecule has 0 unspecified atom stereocenters. The van der Waals surface area contributed by atoms with E-state index in [-0.39, 0.29) is 12.2 Å². The van der Waals surface area contributed by atoms with Gasteiger partial charge in [0.25, 0.3) is 5.56 Å². The normalized spacial score (nSPS) is 15.4. The molecule has 3 heterocycles. The Morgan fingerprint density at radius 2 is 1.63 bits per heavy atom. The van der Waals surface area contributed by atoms with E-state index in [9.17, 15) is 9.59 Å². The Bertz CT molecular complexity index is 1750. The smallest absolute Gasteiger partial charge is 0.338 e. The summed E-state index contributed by atoms with van der Waals surface area (Å²) in [5.74, 6) is -0.449. The summed E-state index contributed by atoms with van der Waals surface area (Å²) in [6, 6.07) is 17.8. The summed E-state index contributed by atoms with van der Waals surface area (Å²) in [5, 5.41) is 0. The largest absolute Gasteiger partial charge is 0.463 e. The Morgan fingerprint density at radius 3 is 2.26 bits per heavy atom. The lowest BCUT2D eigenvalue weighted by atomic mass is 9.95. The number of benzene rings is 2. The zero-order valence-electron chi connectivity index (χ0n) is 22.5. The highest BCUT2D eigenvalue weighted by atomic mass is 32.1. The van der Waals surface area contributed by atoms with Crippen LogP contribution in [0, 0.1) is 27.7 Å². The zero-order valence-corrected chi connectivity index (χ0v) is 23.3. The number of aromatic nitrogens is 2. The first-order chi connectivity index (χ1) is 18.2. The number of hydrogen-bond acceptors (Lipinski definition) is 5. The number of esters is 1. The number of thiazole rings is 1. The number of nitrogens with zero attached hydrogens (tertiary/aromatic N) is 3. The van der Waals surface area contributed by atoms with Crippen molar-refractivity contribution >= 4 is 23.4 Å². The third-order valence-corrected chi connectivity index (χ3v) is 7.94. The van der Waals surface area contributed by atoms with Crippen LogP contribution >= 0.6 is 11.3 Å². The first-order valence-corrected chi connectivity index (χ1v) is 13.5. The maximum absolute atomic E-state index is 13.9. The van der Waals surface area contributed by atoms with Crippen LogP contribution in [-0.4, -0.2) is 21.7 Å². The van der Waals surface area contributed by atoms with Crippen LogP contribution in [0.4, 0.5) is 0 Å². The van der Waals surface area contributed by atoms with Crippen molar-refractivity contribution < 1.29 is 9.53 Å². The van der Waals surface area contributed by atoms with Crippen molar-refractivity contribution in [1.82, 2.24) is 9.13 Å². The van der Waals surface area contributed by atoms with E-state index in [4.69, 9.17) is 4.74 Å². The van der Waals surface area contributed by atoms with Crippen LogP contribution in [0.25, 0.3) is 11.8 Å². The highest BCUT2D eigenvalue weighted by Crippen LogP contribution is 2.31. The topological polar surface area (TPSA) is 65.6 Å². The second kappa shape index (κ2) is 10.1. The van der Waals surface area contributed by atoms with Crippen molar-refractivity contribution in [3.63, 3.8) is 0 Å². The van der Waals surface area contributed by atoms with E-state index in [2.05, 4.69) is 60.7 Å². The molecular weight excluding hydrogens is 494 g/mol. The summed E-state index contributed by atoms with van der Waals surface area (Å²) in [5.41, 5.74) is 8.14. The van der Waals surface area contributed by atoms with Gasteiger partial charge in [0.2, 0.25) is 0 Å². The molecule has 1 aliphatic heterocycles. The number of hydrogen-bond donors (Lipinski definition) is 0. The monoisotopic (exact) mass is 525 g/mol. The zero-order chi connectivity index (χ0) is 27.1. The molecule has 0 spiro atoms. The van der Waals surface area contributed by atoms with Crippen LogP contribution in [0.3, 0.4) is 0 Å². The van der Waals surface area contributed by atoms with Crippen LogP contribution in [-0.2, 0) is 9.53 Å². The lowest BCUT2D eigenvalue weighted by Crippen LogP contribution is -2.39. The first kappa shape index (κ1) is 25.7. The fourth-order valence-electron chi connectivity index (χ4n) is 5.02. The number of carbonyl (C=O) groups is 1. The Morgan fingerprint density at radius 1 is 1.00 bits per heavy atom. The van der Waals surface area contributed by atoms with Crippen LogP contribution in [0.1, 0.15) is 53.5 Å². The number of allylic oxidation sites excluding steroid dienone is 1. The summed E-state index contributed by atoms with van der Waals surface area (Å²) >= 11 is 1.34. The van der Waals surface area contributed by atoms with Gasteiger partial charge in [0.15, 0.2) is 4.80 Å². The Kier molecular flexibility index (Phi) is 6.80. The standard InChI is InChI=1S/C31H31N3O3S/c1-7-37-30(36)27-21(5)32-31-34(28(27)23-12-8-18(2)9-13-23)29(35)26(38-31)17-24-16-20(4)33(22(24)6)25-14-10-19(3)11-15-25/h8-17,28H,7H2,1-6H3/b26-17-/t28-/m0/s1. The first-order valence-electron chi connectivity index (χ1n) is 12.7. The molecule has 0 saturated carbocycles. The van der Waals surface area contributed by atoms with Crippen molar-refractivity contribution in [3.8, 4) is 5.69 Å². The van der Waals surface area contributed by atoms with Gasteiger partial charge >= 0.3 is 5.97 Å². The van der Waals surface area contributed by atoms with Crippen LogP contribution in [0.15, 0.2) is 75.7 Å². The summed E-state index contributed by atoms with van der Waals surface area (Å²) in [7, 11) is 0. The molecule has 194 valence electrons. The molecule has 0 fully saturated rings. The highest BCUT2D eigenvalue weighted by Gasteiger charge is 2.33. The summed E-state index contributed by atoms with van der Waals surface area (Å²) in [6.07, 6.45) is 1.94. The number of carbonyl (C=O) groups excluding carboxylic acids is 1. The van der Waals surface area contributed by atoms with Crippen LogP contribution in [0.2, 0.25) is 0 Å². The minimum atomic E-state index is -0.604. The van der Waals surface area contributed by atoms with E-state index in [0.717, 1.165) is 33.8 Å². The maximum Gasteiger partial charge on any atom is 0.338 e. The Labute approximate surface area is 225 Å². The molecule has 6 nitrogen and oxygen atoms in total. The molecule has 38 heavy (non-hydrogen) atoms. The fourth-order valence-corrected chi connectivity index (χ4v) is 6.06. The third kappa shape index (κ3) is 4.47. The minimum absolute atomic E-state index is 0.172. The quantitative estimate of drug-likeness (QED) is 0.351. The Hall–Kier alpha value is -3.97. The molecule has 0 N–H and O–H groups in total. The number of aryl methyl sites for hydroxylation is 3. The molecule has 2 aromatic carbocycles. The lowest BCUT2D eigenvalue weighted by Gasteiger charge is -2.24. The van der Waals surface area contributed by atoms with Gasteiger partial charge in [-0.3, -0.25) is 9.36 Å². The van der Waals surface area contributed by atoms with Gasteiger partial charge in [-0.25, -0.2) is 9.79 Å². The molecule has 1 aliphatic rings. The average Bonchev–Trinajstić information content (AvgIpc) is 3.34. The van der Waals surface area contributed by atoms with Crippen molar-refractivity contribution in [3.05, 3.63) is 119 Å². The van der Waals surface area contributed by atoms with E-state index < -0.39 is 12.0 Å². The molecule has 1 atom stereocenters. The van der Waals surface area contributed by atoms with E-state index in [1.165, 1.54) is 16.9 Å². The van der Waals surface area contributed by atoms with Gasteiger partial charge in [0, 0.05) is 17.1 Å². The molecule has 0 bridgehead atoms. The lowest BCUT2D eigenvalue weighted by molar-refractivity contribution is -0.139. The average molecular weight is 526 g/mol. The minimum Gasteiger partial charge on any atom is -0.463 e. The van der Waals surface area contributed by atoms with Gasteiger partial charge in [0.05, 0.1) is 28.5 Å². The van der Waals surface area contributed by atoms with E-state index in [1.807, 2.05) is 37.3 Å². The highest BCUT2D eigenvalue weighted by molar-refractivity contribution is 7.07. The van der Waals surface area contributed by atoms with Crippen molar-refractivity contribution in [2.75, 3.05) is 6.61 Å². The van der Waals surface area contributed by atoms with Crippen LogP contribution in [0.5, 0.6) is 0 Å². The van der Waals surface area contributed by atoms with Gasteiger partial charge < -0.3 is 9.30 Å². The van der Waals surface area contributed by atoms with Gasteiger partial charge in [-0.05, 0) is 76.9 Å². The molecule has 0 amide bonds. The predicted molar refractivity (Wildman–Crippen MR) is 152 cm³/mol. The van der Waals surface area contributed by atoms with E-state index >= 15 is 0 Å². The number of rotatable bonds is 5. The third-order valence-electron chi connectivity index (χ3n) is 6.96. The van der Waals surface area contributed by atoms with Gasteiger partial charge in [0.1, 0.15) is 0 Å². The SMILES string of the molecule is CCOC(=O)C1=C(C)N=c2s/c(=C\c3cc(C)n(-c4ccc(C)cc4)c3C)c(=O)n2[C@H]1c1ccc(C)cc1. The Balaban J connectivity index is 1.68. The molecule has 2 aromatic heterocycles. The molecule has 0 aliphatic carbocycles. The molecule has 7 heteroatoms. The second-order valence-corrected chi connectivity index (χ2v) is 10.7. The van der Waals surface area contributed by atoms with E-state index in [0.29, 0.717) is 20.6 Å². The van der Waals surface area contributed by atoms with Gasteiger partial charge in [-0.15, -0.1) is 0 Å².